The Hall–Kier alpha value is -2.46. The summed E-state index contributed by atoms with van der Waals surface area (Å²) in [6.45, 7) is 3.80. The minimum atomic E-state index is 0.0325. The molecule has 0 atom stereocenters. The zero-order valence-corrected chi connectivity index (χ0v) is 14.7. The van der Waals surface area contributed by atoms with Crippen molar-refractivity contribution in [3.63, 3.8) is 0 Å². The second-order valence-electron chi connectivity index (χ2n) is 5.62. The van der Waals surface area contributed by atoms with Crippen molar-refractivity contribution in [2.75, 3.05) is 6.26 Å². The van der Waals surface area contributed by atoms with Crippen molar-refractivity contribution >= 4 is 11.8 Å². The van der Waals surface area contributed by atoms with Crippen LogP contribution in [0.1, 0.15) is 11.4 Å². The van der Waals surface area contributed by atoms with Gasteiger partial charge in [0, 0.05) is 27.9 Å². The SMILES string of the molecule is CSc1ccc(Oc2ccc(-c3c(C)[nH]c(C)cc3=O)cc2)cc1. The number of aromatic nitrogens is 1. The Morgan fingerprint density at radius 3 is 2.04 bits per heavy atom. The Bertz CT molecular complexity index is 896. The Kier molecular flexibility index (Phi) is 4.76. The minimum Gasteiger partial charge on any atom is -0.457 e. The normalized spacial score (nSPS) is 10.6. The maximum Gasteiger partial charge on any atom is 0.189 e. The van der Waals surface area contributed by atoms with E-state index >= 15 is 0 Å². The zero-order chi connectivity index (χ0) is 17.1. The highest BCUT2D eigenvalue weighted by molar-refractivity contribution is 7.98. The van der Waals surface area contributed by atoms with Crippen molar-refractivity contribution in [1.29, 1.82) is 0 Å². The van der Waals surface area contributed by atoms with E-state index in [1.54, 1.807) is 17.8 Å². The van der Waals surface area contributed by atoms with Crippen LogP contribution < -0.4 is 10.2 Å². The maximum atomic E-state index is 12.2. The molecule has 0 spiro atoms. The van der Waals surface area contributed by atoms with Gasteiger partial charge >= 0.3 is 0 Å². The predicted molar refractivity (Wildman–Crippen MR) is 100 cm³/mol. The van der Waals surface area contributed by atoms with Crippen LogP contribution in [0.15, 0.2) is 64.3 Å². The molecule has 4 heteroatoms. The van der Waals surface area contributed by atoms with Gasteiger partial charge in [0.1, 0.15) is 11.5 Å². The van der Waals surface area contributed by atoms with Crippen molar-refractivity contribution in [2.24, 2.45) is 0 Å². The molecule has 0 bridgehead atoms. The molecule has 0 aliphatic heterocycles. The number of pyridine rings is 1. The molecule has 0 fully saturated rings. The molecule has 0 amide bonds. The van der Waals surface area contributed by atoms with E-state index in [-0.39, 0.29) is 5.43 Å². The maximum absolute atomic E-state index is 12.2. The molecule has 122 valence electrons. The van der Waals surface area contributed by atoms with Crippen LogP contribution in [0.4, 0.5) is 0 Å². The molecule has 0 aliphatic carbocycles. The first-order valence-electron chi connectivity index (χ1n) is 7.69. The van der Waals surface area contributed by atoms with Crippen LogP contribution >= 0.6 is 11.8 Å². The van der Waals surface area contributed by atoms with Crippen molar-refractivity contribution in [2.45, 2.75) is 18.7 Å². The number of aromatic amines is 1. The Morgan fingerprint density at radius 2 is 1.50 bits per heavy atom. The van der Waals surface area contributed by atoms with Crippen molar-refractivity contribution in [3.8, 4) is 22.6 Å². The van der Waals surface area contributed by atoms with Gasteiger partial charge in [0.15, 0.2) is 5.43 Å². The summed E-state index contributed by atoms with van der Waals surface area (Å²) in [4.78, 5) is 16.7. The topological polar surface area (TPSA) is 42.1 Å². The van der Waals surface area contributed by atoms with Gasteiger partial charge in [-0.15, -0.1) is 11.8 Å². The van der Waals surface area contributed by atoms with Crippen LogP contribution in [0.2, 0.25) is 0 Å². The van der Waals surface area contributed by atoms with E-state index in [9.17, 15) is 4.79 Å². The standard InChI is InChI=1S/C20H19NO2S/c1-13-12-19(22)20(14(2)21-13)15-4-6-16(7-5-15)23-17-8-10-18(24-3)11-9-17/h4-12H,1-3H3,(H,21,22). The van der Waals surface area contributed by atoms with Crippen LogP contribution in [0.5, 0.6) is 11.5 Å². The third kappa shape index (κ3) is 3.54. The summed E-state index contributed by atoms with van der Waals surface area (Å²) >= 11 is 1.70. The van der Waals surface area contributed by atoms with E-state index in [2.05, 4.69) is 4.98 Å². The molecule has 1 N–H and O–H groups in total. The highest BCUT2D eigenvalue weighted by atomic mass is 32.2. The first-order valence-corrected chi connectivity index (χ1v) is 8.92. The lowest BCUT2D eigenvalue weighted by molar-refractivity contribution is 0.482. The van der Waals surface area contributed by atoms with Gasteiger partial charge in [0.25, 0.3) is 0 Å². The lowest BCUT2D eigenvalue weighted by atomic mass is 10.0. The highest BCUT2D eigenvalue weighted by Crippen LogP contribution is 2.27. The number of H-pyrrole nitrogens is 1. The summed E-state index contributed by atoms with van der Waals surface area (Å²) in [5, 5.41) is 0. The van der Waals surface area contributed by atoms with Crippen LogP contribution in [-0.2, 0) is 0 Å². The van der Waals surface area contributed by atoms with Gasteiger partial charge in [-0.1, -0.05) is 12.1 Å². The number of hydrogen-bond acceptors (Lipinski definition) is 3. The molecule has 0 radical (unpaired) electrons. The molecule has 24 heavy (non-hydrogen) atoms. The summed E-state index contributed by atoms with van der Waals surface area (Å²) < 4.78 is 5.85. The third-order valence-electron chi connectivity index (χ3n) is 3.79. The Labute approximate surface area is 145 Å². The van der Waals surface area contributed by atoms with Gasteiger partial charge in [-0.3, -0.25) is 4.79 Å². The molecular formula is C20H19NO2S. The molecule has 3 nitrogen and oxygen atoms in total. The van der Waals surface area contributed by atoms with Crippen LogP contribution in [0.25, 0.3) is 11.1 Å². The average molecular weight is 337 g/mol. The lowest BCUT2D eigenvalue weighted by Gasteiger charge is -2.09. The first kappa shape index (κ1) is 16.4. The molecule has 1 aromatic heterocycles. The summed E-state index contributed by atoms with van der Waals surface area (Å²) in [6, 6.07) is 17.2. The molecule has 1 heterocycles. The first-order chi connectivity index (χ1) is 11.6. The van der Waals surface area contributed by atoms with Gasteiger partial charge < -0.3 is 9.72 Å². The monoisotopic (exact) mass is 337 g/mol. The van der Waals surface area contributed by atoms with Crippen molar-refractivity contribution < 1.29 is 4.74 Å². The molecule has 2 aromatic carbocycles. The Balaban J connectivity index is 1.84. The summed E-state index contributed by atoms with van der Waals surface area (Å²) in [5.41, 5.74) is 3.37. The zero-order valence-electron chi connectivity index (χ0n) is 13.9. The molecule has 0 saturated heterocycles. The van der Waals surface area contributed by atoms with E-state index in [1.807, 2.05) is 68.6 Å². The smallest absolute Gasteiger partial charge is 0.189 e. The fourth-order valence-electron chi connectivity index (χ4n) is 2.68. The van der Waals surface area contributed by atoms with E-state index in [0.717, 1.165) is 28.5 Å². The molecular weight excluding hydrogens is 318 g/mol. The molecule has 3 aromatic rings. The van der Waals surface area contributed by atoms with Gasteiger partial charge in [-0.2, -0.15) is 0 Å². The quantitative estimate of drug-likeness (QED) is 0.668. The van der Waals surface area contributed by atoms with Crippen LogP contribution in [0.3, 0.4) is 0 Å². The van der Waals surface area contributed by atoms with Crippen LogP contribution in [0, 0.1) is 13.8 Å². The molecule has 3 rings (SSSR count). The van der Waals surface area contributed by atoms with E-state index in [1.165, 1.54) is 4.90 Å². The van der Waals surface area contributed by atoms with Crippen molar-refractivity contribution in [3.05, 3.63) is 76.2 Å². The fourth-order valence-corrected chi connectivity index (χ4v) is 3.08. The largest absolute Gasteiger partial charge is 0.457 e. The predicted octanol–water partition coefficient (Wildman–Crippen LogP) is 5.17. The number of aryl methyl sites for hydroxylation is 2. The van der Waals surface area contributed by atoms with E-state index < -0.39 is 0 Å². The summed E-state index contributed by atoms with van der Waals surface area (Å²) in [7, 11) is 0. The number of thioether (sulfide) groups is 1. The number of benzene rings is 2. The molecule has 0 aliphatic rings. The van der Waals surface area contributed by atoms with Crippen molar-refractivity contribution in [1.82, 2.24) is 4.98 Å². The summed E-state index contributed by atoms with van der Waals surface area (Å²) in [5.74, 6) is 1.54. The third-order valence-corrected chi connectivity index (χ3v) is 4.54. The summed E-state index contributed by atoms with van der Waals surface area (Å²) in [6.07, 6.45) is 2.04. The second kappa shape index (κ2) is 6.97. The van der Waals surface area contributed by atoms with Gasteiger partial charge in [0.05, 0.1) is 0 Å². The van der Waals surface area contributed by atoms with Crippen LogP contribution in [-0.4, -0.2) is 11.2 Å². The Morgan fingerprint density at radius 1 is 0.917 bits per heavy atom. The van der Waals surface area contributed by atoms with Gasteiger partial charge in [-0.05, 0) is 62.1 Å². The van der Waals surface area contributed by atoms with Gasteiger partial charge in [-0.25, -0.2) is 0 Å². The molecule has 0 unspecified atom stereocenters. The number of rotatable bonds is 4. The number of hydrogen-bond donors (Lipinski definition) is 1. The number of ether oxygens (including phenoxy) is 1. The lowest BCUT2D eigenvalue weighted by Crippen LogP contribution is -2.08. The van der Waals surface area contributed by atoms with Gasteiger partial charge in [0.2, 0.25) is 0 Å². The molecule has 0 saturated carbocycles. The van der Waals surface area contributed by atoms with E-state index in [0.29, 0.717) is 5.56 Å². The second-order valence-corrected chi connectivity index (χ2v) is 6.50. The number of nitrogens with one attached hydrogen (secondary N) is 1. The van der Waals surface area contributed by atoms with E-state index in [4.69, 9.17) is 4.74 Å². The fraction of sp³-hybridized carbons (Fsp3) is 0.150. The average Bonchev–Trinajstić information content (AvgIpc) is 2.56. The highest BCUT2D eigenvalue weighted by Gasteiger charge is 2.08. The minimum absolute atomic E-state index is 0.0325.